The minimum absolute atomic E-state index is 0.0698. The van der Waals surface area contributed by atoms with Gasteiger partial charge in [-0.1, -0.05) is 44.7 Å². The lowest BCUT2D eigenvalue weighted by Gasteiger charge is -2.38. The van der Waals surface area contributed by atoms with E-state index in [0.29, 0.717) is 17.7 Å². The molecule has 3 fully saturated rings. The molecule has 4 rings (SSSR count). The van der Waals surface area contributed by atoms with E-state index in [1.54, 1.807) is 12.1 Å². The molecule has 4 heteroatoms. The molecule has 0 aromatic heterocycles. The Hall–Kier alpha value is -1.03. The highest BCUT2D eigenvalue weighted by molar-refractivity contribution is 5.39. The zero-order chi connectivity index (χ0) is 19.7. The van der Waals surface area contributed by atoms with Gasteiger partial charge in [0.15, 0.2) is 0 Å². The summed E-state index contributed by atoms with van der Waals surface area (Å²) in [4.78, 5) is 0. The molecule has 156 valence electrons. The molecule has 1 saturated heterocycles. The highest BCUT2D eigenvalue weighted by Gasteiger charge is 2.35. The van der Waals surface area contributed by atoms with Gasteiger partial charge in [0.2, 0.25) is 0 Å². The standard InChI is InChI=1S/C24H33F3O/c1-2-3-15-4-6-16(7-5-15)17-8-10-18(11-9-17)19-12-13-20(21-14-28-21)23(25)22(19)24(26)27/h12-13,15-18,21,24H,2-11,14H2,1H3. The summed E-state index contributed by atoms with van der Waals surface area (Å²) in [5, 5.41) is 0. The molecule has 1 nitrogen and oxygen atoms in total. The zero-order valence-corrected chi connectivity index (χ0v) is 16.9. The van der Waals surface area contributed by atoms with Crippen molar-refractivity contribution >= 4 is 0 Å². The van der Waals surface area contributed by atoms with Crippen LogP contribution in [0.15, 0.2) is 12.1 Å². The Morgan fingerprint density at radius 3 is 2.04 bits per heavy atom. The average Bonchev–Trinajstić information content (AvgIpc) is 3.53. The van der Waals surface area contributed by atoms with Gasteiger partial charge >= 0.3 is 0 Å². The maximum atomic E-state index is 14.7. The molecule has 28 heavy (non-hydrogen) atoms. The Balaban J connectivity index is 1.39. The Morgan fingerprint density at radius 2 is 1.50 bits per heavy atom. The normalized spacial score (nSPS) is 33.2. The van der Waals surface area contributed by atoms with Crippen molar-refractivity contribution < 1.29 is 17.9 Å². The van der Waals surface area contributed by atoms with Crippen LogP contribution in [-0.2, 0) is 4.74 Å². The lowest BCUT2D eigenvalue weighted by molar-refractivity contribution is 0.139. The highest BCUT2D eigenvalue weighted by Crippen LogP contribution is 2.47. The third-order valence-electron chi connectivity index (χ3n) is 7.61. The van der Waals surface area contributed by atoms with Crippen LogP contribution in [0.25, 0.3) is 0 Å². The topological polar surface area (TPSA) is 12.5 Å². The largest absolute Gasteiger partial charge is 0.368 e. The van der Waals surface area contributed by atoms with E-state index in [1.165, 1.54) is 38.5 Å². The summed E-state index contributed by atoms with van der Waals surface area (Å²) >= 11 is 0. The molecule has 3 aliphatic rings. The monoisotopic (exact) mass is 394 g/mol. The average molecular weight is 395 g/mol. The van der Waals surface area contributed by atoms with Gasteiger partial charge < -0.3 is 4.74 Å². The number of ether oxygens (including phenoxy) is 1. The van der Waals surface area contributed by atoms with Gasteiger partial charge in [0, 0.05) is 5.56 Å². The first-order valence-electron chi connectivity index (χ1n) is 11.3. The van der Waals surface area contributed by atoms with Crippen LogP contribution in [-0.4, -0.2) is 6.61 Å². The van der Waals surface area contributed by atoms with Crippen molar-refractivity contribution in [1.29, 1.82) is 0 Å². The van der Waals surface area contributed by atoms with Crippen molar-refractivity contribution in [1.82, 2.24) is 0 Å². The van der Waals surface area contributed by atoms with E-state index in [1.807, 2.05) is 0 Å². The minimum Gasteiger partial charge on any atom is -0.368 e. The van der Waals surface area contributed by atoms with Crippen LogP contribution in [0.3, 0.4) is 0 Å². The lowest BCUT2D eigenvalue weighted by Crippen LogP contribution is -2.25. The van der Waals surface area contributed by atoms with E-state index in [9.17, 15) is 13.2 Å². The SMILES string of the molecule is CCCC1CCC(C2CCC(c3ccc(C4CO4)c(F)c3C(F)F)CC2)CC1. The van der Waals surface area contributed by atoms with Crippen molar-refractivity contribution in [2.45, 2.75) is 89.6 Å². The molecule has 2 saturated carbocycles. The van der Waals surface area contributed by atoms with Crippen molar-refractivity contribution in [3.05, 3.63) is 34.6 Å². The summed E-state index contributed by atoms with van der Waals surface area (Å²) in [5.41, 5.74) is 0.482. The number of halogens is 3. The maximum Gasteiger partial charge on any atom is 0.266 e. The lowest BCUT2D eigenvalue weighted by atomic mass is 9.67. The third kappa shape index (κ3) is 4.27. The quantitative estimate of drug-likeness (QED) is 0.450. The van der Waals surface area contributed by atoms with Crippen LogP contribution in [0.4, 0.5) is 13.2 Å². The van der Waals surface area contributed by atoms with E-state index >= 15 is 0 Å². The van der Waals surface area contributed by atoms with Gasteiger partial charge in [0.1, 0.15) is 11.9 Å². The first-order valence-corrected chi connectivity index (χ1v) is 11.3. The van der Waals surface area contributed by atoms with Gasteiger partial charge in [-0.15, -0.1) is 0 Å². The fraction of sp³-hybridized carbons (Fsp3) is 0.750. The molecular weight excluding hydrogens is 361 g/mol. The van der Waals surface area contributed by atoms with E-state index in [0.717, 1.165) is 43.4 Å². The van der Waals surface area contributed by atoms with E-state index in [-0.39, 0.29) is 17.6 Å². The summed E-state index contributed by atoms with van der Waals surface area (Å²) in [5.74, 6) is 1.81. The number of rotatable bonds is 6. The minimum atomic E-state index is -2.76. The molecule has 1 unspecified atom stereocenters. The van der Waals surface area contributed by atoms with Crippen LogP contribution < -0.4 is 0 Å². The molecule has 0 bridgehead atoms. The number of hydrogen-bond donors (Lipinski definition) is 0. The Labute approximate surface area is 167 Å². The predicted molar refractivity (Wildman–Crippen MR) is 105 cm³/mol. The summed E-state index contributed by atoms with van der Waals surface area (Å²) < 4.78 is 47.2. The second-order valence-corrected chi connectivity index (χ2v) is 9.28. The third-order valence-corrected chi connectivity index (χ3v) is 7.61. The Bertz CT molecular complexity index is 654. The maximum absolute atomic E-state index is 14.7. The molecule has 1 aromatic rings. The van der Waals surface area contributed by atoms with Crippen LogP contribution in [0.1, 0.15) is 106 Å². The van der Waals surface area contributed by atoms with Crippen molar-refractivity contribution in [2.75, 3.05) is 6.61 Å². The predicted octanol–water partition coefficient (Wildman–Crippen LogP) is 7.71. The summed E-state index contributed by atoms with van der Waals surface area (Å²) in [6.07, 6.45) is 9.00. The number of benzene rings is 1. The molecule has 1 heterocycles. The van der Waals surface area contributed by atoms with Crippen LogP contribution in [0, 0.1) is 23.6 Å². The number of alkyl halides is 2. The smallest absolute Gasteiger partial charge is 0.266 e. The molecule has 1 aromatic carbocycles. The van der Waals surface area contributed by atoms with Crippen molar-refractivity contribution in [3.63, 3.8) is 0 Å². The van der Waals surface area contributed by atoms with Gasteiger partial charge in [-0.05, 0) is 67.8 Å². The zero-order valence-electron chi connectivity index (χ0n) is 16.9. The van der Waals surface area contributed by atoms with Gasteiger partial charge in [-0.2, -0.15) is 0 Å². The fourth-order valence-electron chi connectivity index (χ4n) is 5.94. The van der Waals surface area contributed by atoms with Crippen LogP contribution >= 0.6 is 0 Å². The van der Waals surface area contributed by atoms with Crippen molar-refractivity contribution in [2.24, 2.45) is 17.8 Å². The van der Waals surface area contributed by atoms with Gasteiger partial charge in [0.25, 0.3) is 6.43 Å². The molecule has 1 aliphatic heterocycles. The first-order chi connectivity index (χ1) is 13.6. The van der Waals surface area contributed by atoms with Crippen LogP contribution in [0.2, 0.25) is 0 Å². The van der Waals surface area contributed by atoms with Gasteiger partial charge in [-0.25, -0.2) is 13.2 Å². The van der Waals surface area contributed by atoms with Crippen LogP contribution in [0.5, 0.6) is 0 Å². The van der Waals surface area contributed by atoms with E-state index < -0.39 is 12.2 Å². The highest BCUT2D eigenvalue weighted by atomic mass is 19.3. The summed E-state index contributed by atoms with van der Waals surface area (Å²) in [6.45, 7) is 2.71. The summed E-state index contributed by atoms with van der Waals surface area (Å²) in [6, 6.07) is 3.43. The summed E-state index contributed by atoms with van der Waals surface area (Å²) in [7, 11) is 0. The number of hydrogen-bond acceptors (Lipinski definition) is 1. The molecule has 2 aliphatic carbocycles. The molecule has 0 amide bonds. The van der Waals surface area contributed by atoms with E-state index in [2.05, 4.69) is 6.92 Å². The molecule has 0 radical (unpaired) electrons. The van der Waals surface area contributed by atoms with Gasteiger partial charge in [-0.3, -0.25) is 0 Å². The number of epoxide rings is 1. The Kier molecular flexibility index (Phi) is 6.34. The Morgan fingerprint density at radius 1 is 0.929 bits per heavy atom. The van der Waals surface area contributed by atoms with E-state index in [4.69, 9.17) is 4.74 Å². The fourth-order valence-corrected chi connectivity index (χ4v) is 5.94. The molecule has 0 N–H and O–H groups in total. The molecular formula is C24H33F3O. The van der Waals surface area contributed by atoms with Gasteiger partial charge in [0.05, 0.1) is 12.2 Å². The second kappa shape index (κ2) is 8.77. The van der Waals surface area contributed by atoms with Crippen molar-refractivity contribution in [3.8, 4) is 0 Å². The second-order valence-electron chi connectivity index (χ2n) is 9.28. The first kappa shape index (κ1) is 20.3. The molecule has 0 spiro atoms. The molecule has 1 atom stereocenters.